The lowest BCUT2D eigenvalue weighted by Gasteiger charge is -2.27. The third-order valence-corrected chi connectivity index (χ3v) is 5.05. The Morgan fingerprint density at radius 3 is 1.89 bits per heavy atom. The van der Waals surface area contributed by atoms with Crippen molar-refractivity contribution in [2.75, 3.05) is 0 Å². The first kappa shape index (κ1) is 19.4. The molecular formula is C23H22F4. The van der Waals surface area contributed by atoms with Crippen molar-refractivity contribution >= 4 is 0 Å². The molecule has 0 aromatic heterocycles. The Kier molecular flexibility index (Phi) is 6.15. The summed E-state index contributed by atoms with van der Waals surface area (Å²) in [7, 11) is 0. The van der Waals surface area contributed by atoms with Crippen molar-refractivity contribution in [3.63, 3.8) is 0 Å². The fourth-order valence-electron chi connectivity index (χ4n) is 3.44. The van der Waals surface area contributed by atoms with Gasteiger partial charge in [0.2, 0.25) is 0 Å². The highest BCUT2D eigenvalue weighted by Gasteiger charge is 2.43. The zero-order valence-electron chi connectivity index (χ0n) is 14.9. The predicted molar refractivity (Wildman–Crippen MR) is 99.9 cm³/mol. The minimum atomic E-state index is -4.22. The predicted octanol–water partition coefficient (Wildman–Crippen LogP) is 6.46. The maximum atomic E-state index is 13.5. The molecule has 0 fully saturated rings. The lowest BCUT2D eigenvalue weighted by atomic mass is 9.82. The molecule has 2 aromatic rings. The van der Waals surface area contributed by atoms with Crippen LogP contribution in [-0.2, 0) is 19.3 Å². The average Bonchev–Trinajstić information content (AvgIpc) is 2.66. The highest BCUT2D eigenvalue weighted by molar-refractivity contribution is 5.26. The van der Waals surface area contributed by atoms with Crippen molar-refractivity contribution in [1.82, 2.24) is 0 Å². The molecule has 1 aliphatic carbocycles. The van der Waals surface area contributed by atoms with Gasteiger partial charge in [0.05, 0.1) is 5.92 Å². The molecule has 0 aliphatic heterocycles. The van der Waals surface area contributed by atoms with Crippen LogP contribution in [0.25, 0.3) is 0 Å². The maximum Gasteiger partial charge on any atom is 0.392 e. The first-order valence-electron chi connectivity index (χ1n) is 9.14. The number of hydrogen-bond acceptors (Lipinski definition) is 0. The van der Waals surface area contributed by atoms with Gasteiger partial charge in [0.15, 0.2) is 0 Å². The minimum Gasteiger partial charge on any atom is -0.207 e. The van der Waals surface area contributed by atoms with Gasteiger partial charge < -0.3 is 0 Å². The topological polar surface area (TPSA) is 0 Å². The molecular weight excluding hydrogens is 352 g/mol. The van der Waals surface area contributed by atoms with Crippen LogP contribution in [0.3, 0.4) is 0 Å². The van der Waals surface area contributed by atoms with Crippen LogP contribution < -0.4 is 0 Å². The number of rotatable bonds is 6. The summed E-state index contributed by atoms with van der Waals surface area (Å²) in [4.78, 5) is 0. The molecule has 0 N–H and O–H groups in total. The summed E-state index contributed by atoms with van der Waals surface area (Å²) in [5, 5.41) is 0. The molecule has 0 spiro atoms. The monoisotopic (exact) mass is 374 g/mol. The van der Waals surface area contributed by atoms with Gasteiger partial charge in [-0.25, -0.2) is 4.39 Å². The van der Waals surface area contributed by atoms with Gasteiger partial charge >= 0.3 is 6.18 Å². The fraction of sp³-hybridized carbons (Fsp3) is 0.304. The van der Waals surface area contributed by atoms with Gasteiger partial charge in [-0.05, 0) is 60.4 Å². The van der Waals surface area contributed by atoms with Crippen LogP contribution in [0.5, 0.6) is 0 Å². The fourth-order valence-corrected chi connectivity index (χ4v) is 3.44. The molecule has 2 atom stereocenters. The molecule has 0 nitrogen and oxygen atoms in total. The van der Waals surface area contributed by atoms with E-state index in [4.69, 9.17) is 0 Å². The van der Waals surface area contributed by atoms with E-state index in [0.717, 1.165) is 24.0 Å². The van der Waals surface area contributed by atoms with E-state index in [1.807, 2.05) is 12.1 Å². The van der Waals surface area contributed by atoms with Gasteiger partial charge in [0.1, 0.15) is 5.82 Å². The number of alkyl halides is 3. The van der Waals surface area contributed by atoms with E-state index in [2.05, 4.69) is 0 Å². The molecule has 0 bridgehead atoms. The van der Waals surface area contributed by atoms with E-state index in [0.29, 0.717) is 12.0 Å². The van der Waals surface area contributed by atoms with Gasteiger partial charge in [0, 0.05) is 0 Å². The number of aryl methyl sites for hydroxylation is 2. The van der Waals surface area contributed by atoms with Gasteiger partial charge in [-0.3, -0.25) is 0 Å². The average molecular weight is 374 g/mol. The molecule has 0 saturated heterocycles. The Morgan fingerprint density at radius 2 is 1.37 bits per heavy atom. The Morgan fingerprint density at radius 1 is 0.815 bits per heavy atom. The van der Waals surface area contributed by atoms with E-state index >= 15 is 0 Å². The van der Waals surface area contributed by atoms with Crippen molar-refractivity contribution in [3.8, 4) is 0 Å². The Hall–Kier alpha value is -2.36. The molecule has 2 aromatic carbocycles. The van der Waals surface area contributed by atoms with Crippen LogP contribution in [-0.4, -0.2) is 6.18 Å². The van der Waals surface area contributed by atoms with E-state index < -0.39 is 18.0 Å². The van der Waals surface area contributed by atoms with Crippen molar-refractivity contribution < 1.29 is 17.6 Å². The zero-order chi connectivity index (χ0) is 19.3. The molecule has 0 radical (unpaired) electrons. The molecule has 4 heteroatoms. The van der Waals surface area contributed by atoms with Crippen LogP contribution in [0.2, 0.25) is 0 Å². The maximum absolute atomic E-state index is 13.5. The van der Waals surface area contributed by atoms with Gasteiger partial charge in [-0.1, -0.05) is 60.7 Å². The van der Waals surface area contributed by atoms with Crippen LogP contribution in [0.4, 0.5) is 17.6 Å². The van der Waals surface area contributed by atoms with Crippen molar-refractivity contribution in [3.05, 3.63) is 95.3 Å². The van der Waals surface area contributed by atoms with E-state index in [9.17, 15) is 17.6 Å². The standard InChI is InChI=1S/C23H22F4/c24-21-14-12-18(13-15-21)7-6-17-8-10-19(11-9-17)16-22(23(25,26)27)20-4-2-1-3-5-20/h1-4,8-15,20,22H,5-7,16H2/t20?,22-/m1/s1. The van der Waals surface area contributed by atoms with Gasteiger partial charge in [-0.15, -0.1) is 0 Å². The molecule has 3 rings (SSSR count). The Balaban J connectivity index is 1.62. The summed E-state index contributed by atoms with van der Waals surface area (Å²) in [6.45, 7) is 0. The molecule has 142 valence electrons. The summed E-state index contributed by atoms with van der Waals surface area (Å²) >= 11 is 0. The first-order valence-corrected chi connectivity index (χ1v) is 9.14. The summed E-state index contributed by atoms with van der Waals surface area (Å²) < 4.78 is 53.5. The Bertz CT molecular complexity index is 783. The summed E-state index contributed by atoms with van der Waals surface area (Å²) in [5.41, 5.74) is 2.80. The van der Waals surface area contributed by atoms with E-state index in [1.165, 1.54) is 12.1 Å². The quantitative estimate of drug-likeness (QED) is 0.509. The normalized spacial score (nSPS) is 17.9. The summed E-state index contributed by atoms with van der Waals surface area (Å²) in [6.07, 6.45) is 4.68. The number of allylic oxidation sites excluding steroid dienone is 4. The highest BCUT2D eigenvalue weighted by atomic mass is 19.4. The second-order valence-corrected chi connectivity index (χ2v) is 7.01. The van der Waals surface area contributed by atoms with Crippen LogP contribution in [0, 0.1) is 17.7 Å². The number of halogens is 4. The molecule has 0 amide bonds. The molecule has 27 heavy (non-hydrogen) atoms. The lowest BCUT2D eigenvalue weighted by Crippen LogP contribution is -2.31. The highest BCUT2D eigenvalue weighted by Crippen LogP contribution is 2.38. The lowest BCUT2D eigenvalue weighted by molar-refractivity contribution is -0.184. The smallest absolute Gasteiger partial charge is 0.207 e. The molecule has 1 unspecified atom stereocenters. The van der Waals surface area contributed by atoms with Crippen LogP contribution >= 0.6 is 0 Å². The second-order valence-electron chi connectivity index (χ2n) is 7.01. The largest absolute Gasteiger partial charge is 0.392 e. The Labute approximate surface area is 157 Å². The van der Waals surface area contributed by atoms with E-state index in [1.54, 1.807) is 48.6 Å². The first-order chi connectivity index (χ1) is 12.9. The number of hydrogen-bond donors (Lipinski definition) is 0. The molecule has 0 saturated carbocycles. The second kappa shape index (κ2) is 8.55. The summed E-state index contributed by atoms with van der Waals surface area (Å²) in [6, 6.07) is 13.7. The molecule has 1 aliphatic rings. The van der Waals surface area contributed by atoms with Crippen molar-refractivity contribution in [1.29, 1.82) is 0 Å². The minimum absolute atomic E-state index is 0.00934. The third-order valence-electron chi connectivity index (χ3n) is 5.05. The van der Waals surface area contributed by atoms with Crippen LogP contribution in [0.1, 0.15) is 23.1 Å². The van der Waals surface area contributed by atoms with Crippen LogP contribution in [0.15, 0.2) is 72.8 Å². The van der Waals surface area contributed by atoms with Crippen molar-refractivity contribution in [2.24, 2.45) is 11.8 Å². The molecule has 0 heterocycles. The summed E-state index contributed by atoms with van der Waals surface area (Å²) in [5.74, 6) is -2.14. The van der Waals surface area contributed by atoms with Gasteiger partial charge in [0.25, 0.3) is 0 Å². The van der Waals surface area contributed by atoms with E-state index in [-0.39, 0.29) is 12.2 Å². The van der Waals surface area contributed by atoms with Crippen molar-refractivity contribution in [2.45, 2.75) is 31.9 Å². The number of benzene rings is 2. The zero-order valence-corrected chi connectivity index (χ0v) is 14.9. The SMILES string of the molecule is Fc1ccc(CCc2ccc(C[C@H](C3C=CC=CC3)C(F)(F)F)cc2)cc1. The third kappa shape index (κ3) is 5.56. The van der Waals surface area contributed by atoms with Gasteiger partial charge in [-0.2, -0.15) is 13.2 Å².